The molecule has 0 unspecified atom stereocenters. The van der Waals surface area contributed by atoms with Gasteiger partial charge in [-0.25, -0.2) is 4.79 Å². The van der Waals surface area contributed by atoms with Crippen LogP contribution in [0.2, 0.25) is 0 Å². The summed E-state index contributed by atoms with van der Waals surface area (Å²) in [5, 5.41) is 5.59. The molecule has 2 heterocycles. The highest BCUT2D eigenvalue weighted by atomic mass is 19.4. The first-order valence-corrected chi connectivity index (χ1v) is 8.19. The number of likely N-dealkylation sites (tertiary alicyclic amines) is 1. The molecule has 8 heteroatoms. The fraction of sp³-hybridized carbons (Fsp3) is 0.933. The van der Waals surface area contributed by atoms with Crippen LogP contribution in [-0.2, 0) is 4.74 Å². The molecule has 23 heavy (non-hydrogen) atoms. The van der Waals surface area contributed by atoms with Gasteiger partial charge in [0.1, 0.15) is 0 Å². The molecule has 0 aromatic rings. The van der Waals surface area contributed by atoms with Gasteiger partial charge in [-0.3, -0.25) is 4.90 Å². The third kappa shape index (κ3) is 5.84. The summed E-state index contributed by atoms with van der Waals surface area (Å²) in [4.78, 5) is 13.2. The number of carbonyl (C=O) groups excluding carboxylic acids is 1. The Kier molecular flexibility index (Phi) is 6.13. The molecule has 2 rings (SSSR count). The van der Waals surface area contributed by atoms with E-state index in [1.165, 1.54) is 4.90 Å². The van der Waals surface area contributed by atoms with Crippen molar-refractivity contribution in [2.24, 2.45) is 11.8 Å². The van der Waals surface area contributed by atoms with Gasteiger partial charge in [0.25, 0.3) is 0 Å². The SMILES string of the molecule is CC(C)[C@H]1OCC[C@@H]1CNC(=O)N[C@@H]1CCN(CC(F)(F)F)C1. The lowest BCUT2D eigenvalue weighted by Crippen LogP contribution is -2.46. The van der Waals surface area contributed by atoms with E-state index in [9.17, 15) is 18.0 Å². The van der Waals surface area contributed by atoms with Crippen molar-refractivity contribution in [1.82, 2.24) is 15.5 Å². The highest BCUT2D eigenvalue weighted by Gasteiger charge is 2.35. The molecular weight excluding hydrogens is 311 g/mol. The Morgan fingerprint density at radius 1 is 1.35 bits per heavy atom. The van der Waals surface area contributed by atoms with Gasteiger partial charge in [-0.05, 0) is 18.8 Å². The molecule has 3 atom stereocenters. The van der Waals surface area contributed by atoms with Gasteiger partial charge >= 0.3 is 12.2 Å². The maximum atomic E-state index is 12.3. The molecular formula is C15H26F3N3O2. The molecule has 2 amide bonds. The van der Waals surface area contributed by atoms with Crippen molar-refractivity contribution in [3.05, 3.63) is 0 Å². The van der Waals surface area contributed by atoms with Crippen molar-refractivity contribution in [2.45, 2.75) is 45.0 Å². The van der Waals surface area contributed by atoms with Gasteiger partial charge in [0.2, 0.25) is 0 Å². The molecule has 0 radical (unpaired) electrons. The Morgan fingerprint density at radius 3 is 2.74 bits per heavy atom. The van der Waals surface area contributed by atoms with E-state index in [1.54, 1.807) is 0 Å². The Hall–Kier alpha value is -1.02. The summed E-state index contributed by atoms with van der Waals surface area (Å²) in [6.45, 7) is 5.12. The number of nitrogens with one attached hydrogen (secondary N) is 2. The Bertz CT molecular complexity index is 404. The predicted octanol–water partition coefficient (Wildman–Crippen LogP) is 1.98. The lowest BCUT2D eigenvalue weighted by atomic mass is 9.93. The summed E-state index contributed by atoms with van der Waals surface area (Å²) in [6, 6.07) is -0.531. The molecule has 0 spiro atoms. The van der Waals surface area contributed by atoms with Crippen LogP contribution in [0.1, 0.15) is 26.7 Å². The average molecular weight is 337 g/mol. The predicted molar refractivity (Wildman–Crippen MR) is 80.1 cm³/mol. The van der Waals surface area contributed by atoms with Crippen LogP contribution >= 0.6 is 0 Å². The zero-order chi connectivity index (χ0) is 17.0. The quantitative estimate of drug-likeness (QED) is 0.807. The lowest BCUT2D eigenvalue weighted by molar-refractivity contribution is -0.143. The van der Waals surface area contributed by atoms with Crippen LogP contribution in [0.5, 0.6) is 0 Å². The first-order chi connectivity index (χ1) is 10.7. The maximum absolute atomic E-state index is 12.3. The van der Waals surface area contributed by atoms with Gasteiger partial charge in [0, 0.05) is 38.2 Å². The molecule has 0 aromatic carbocycles. The Balaban J connectivity index is 1.68. The number of hydrogen-bond acceptors (Lipinski definition) is 3. The second-order valence-corrected chi connectivity index (χ2v) is 6.82. The van der Waals surface area contributed by atoms with E-state index >= 15 is 0 Å². The van der Waals surface area contributed by atoms with Gasteiger partial charge in [-0.1, -0.05) is 13.8 Å². The highest BCUT2D eigenvalue weighted by Crippen LogP contribution is 2.26. The van der Waals surface area contributed by atoms with E-state index in [0.717, 1.165) is 6.42 Å². The van der Waals surface area contributed by atoms with Crippen LogP contribution in [0.4, 0.5) is 18.0 Å². The summed E-state index contributed by atoms with van der Waals surface area (Å²) in [5.74, 6) is 0.698. The summed E-state index contributed by atoms with van der Waals surface area (Å²) in [5.41, 5.74) is 0. The molecule has 2 aliphatic heterocycles. The second-order valence-electron chi connectivity index (χ2n) is 6.82. The molecule has 2 aliphatic rings. The number of urea groups is 1. The van der Waals surface area contributed by atoms with E-state index in [1.807, 2.05) is 0 Å². The Morgan fingerprint density at radius 2 is 2.09 bits per heavy atom. The summed E-state index contributed by atoms with van der Waals surface area (Å²) < 4.78 is 42.7. The summed E-state index contributed by atoms with van der Waals surface area (Å²) in [6.07, 6.45) is -2.56. The van der Waals surface area contributed by atoms with Crippen LogP contribution in [0.25, 0.3) is 0 Å². The molecule has 0 aliphatic carbocycles. The van der Waals surface area contributed by atoms with Crippen molar-refractivity contribution < 1.29 is 22.7 Å². The standard InChI is InChI=1S/C15H26F3N3O2/c1-10(2)13-11(4-6-23-13)7-19-14(22)20-12-3-5-21(8-12)9-15(16,17)18/h10-13H,3-9H2,1-2H3,(H2,19,20,22)/t11-,12-,13-/m1/s1. The maximum Gasteiger partial charge on any atom is 0.401 e. The number of ether oxygens (including phenoxy) is 1. The van der Waals surface area contributed by atoms with Crippen LogP contribution in [0.3, 0.4) is 0 Å². The number of hydrogen-bond donors (Lipinski definition) is 2. The normalized spacial score (nSPS) is 29.2. The monoisotopic (exact) mass is 337 g/mol. The molecule has 2 saturated heterocycles. The van der Waals surface area contributed by atoms with Crippen molar-refractivity contribution >= 4 is 6.03 Å². The van der Waals surface area contributed by atoms with Crippen molar-refractivity contribution in [3.8, 4) is 0 Å². The minimum atomic E-state index is -4.19. The topological polar surface area (TPSA) is 53.6 Å². The van der Waals surface area contributed by atoms with Gasteiger partial charge in [0.15, 0.2) is 0 Å². The molecule has 5 nitrogen and oxygen atoms in total. The first kappa shape index (κ1) is 18.3. The molecule has 2 N–H and O–H groups in total. The fourth-order valence-corrected chi connectivity index (χ4v) is 3.42. The summed E-state index contributed by atoms with van der Waals surface area (Å²) in [7, 11) is 0. The van der Waals surface area contributed by atoms with Crippen LogP contribution in [0.15, 0.2) is 0 Å². The van der Waals surface area contributed by atoms with Crippen LogP contribution in [0, 0.1) is 11.8 Å². The minimum absolute atomic E-state index is 0.157. The summed E-state index contributed by atoms with van der Waals surface area (Å²) >= 11 is 0. The first-order valence-electron chi connectivity index (χ1n) is 8.19. The molecule has 134 valence electrons. The highest BCUT2D eigenvalue weighted by molar-refractivity contribution is 5.74. The third-order valence-corrected chi connectivity index (χ3v) is 4.46. The lowest BCUT2D eigenvalue weighted by Gasteiger charge is -2.23. The molecule has 0 aromatic heterocycles. The van der Waals surface area contributed by atoms with Crippen LogP contribution in [-0.4, -0.2) is 62.0 Å². The van der Waals surface area contributed by atoms with E-state index in [-0.39, 0.29) is 24.7 Å². The van der Waals surface area contributed by atoms with Gasteiger partial charge in [-0.2, -0.15) is 13.2 Å². The molecule has 0 bridgehead atoms. The molecule has 2 fully saturated rings. The number of nitrogens with zero attached hydrogens (tertiary/aromatic N) is 1. The molecule has 0 saturated carbocycles. The second kappa shape index (κ2) is 7.70. The van der Waals surface area contributed by atoms with E-state index < -0.39 is 12.7 Å². The number of alkyl halides is 3. The zero-order valence-corrected chi connectivity index (χ0v) is 13.7. The van der Waals surface area contributed by atoms with E-state index in [2.05, 4.69) is 24.5 Å². The number of halogens is 3. The van der Waals surface area contributed by atoms with Crippen LogP contribution < -0.4 is 10.6 Å². The van der Waals surface area contributed by atoms with Gasteiger partial charge in [0.05, 0.1) is 12.6 Å². The fourth-order valence-electron chi connectivity index (χ4n) is 3.42. The number of rotatable bonds is 5. The third-order valence-electron chi connectivity index (χ3n) is 4.46. The van der Waals surface area contributed by atoms with Gasteiger partial charge in [-0.15, -0.1) is 0 Å². The zero-order valence-electron chi connectivity index (χ0n) is 13.7. The van der Waals surface area contributed by atoms with E-state index in [4.69, 9.17) is 4.74 Å². The van der Waals surface area contributed by atoms with Crippen molar-refractivity contribution in [2.75, 3.05) is 32.8 Å². The average Bonchev–Trinajstić information content (AvgIpc) is 3.03. The number of carbonyl (C=O) groups is 1. The van der Waals surface area contributed by atoms with E-state index in [0.29, 0.717) is 38.0 Å². The smallest absolute Gasteiger partial charge is 0.378 e. The van der Waals surface area contributed by atoms with Crippen molar-refractivity contribution in [1.29, 1.82) is 0 Å². The van der Waals surface area contributed by atoms with Crippen molar-refractivity contribution in [3.63, 3.8) is 0 Å². The van der Waals surface area contributed by atoms with Gasteiger partial charge < -0.3 is 15.4 Å². The number of amides is 2. The minimum Gasteiger partial charge on any atom is -0.378 e. The largest absolute Gasteiger partial charge is 0.401 e. The Labute approximate surface area is 134 Å².